The number of carbonyl (C=O) groups excluding carboxylic acids is 1. The van der Waals surface area contributed by atoms with E-state index < -0.39 is 17.4 Å². The van der Waals surface area contributed by atoms with Gasteiger partial charge in [-0.25, -0.2) is 9.88 Å². The molecular formula is C33H50N6O5. The van der Waals surface area contributed by atoms with E-state index in [0.29, 0.717) is 49.5 Å². The smallest absolute Gasteiger partial charge is 0.219 e. The second-order valence-electron chi connectivity index (χ2n) is 14.4. The third kappa shape index (κ3) is 6.12. The number of rotatable bonds is 7. The summed E-state index contributed by atoms with van der Waals surface area (Å²) in [6.45, 7) is 13.0. The second kappa shape index (κ2) is 12.3. The van der Waals surface area contributed by atoms with Crippen molar-refractivity contribution in [3.05, 3.63) is 17.4 Å². The summed E-state index contributed by atoms with van der Waals surface area (Å²) in [4.78, 5) is 29.8. The number of ketones is 1. The van der Waals surface area contributed by atoms with Crippen LogP contribution in [0, 0.1) is 0 Å². The van der Waals surface area contributed by atoms with Crippen LogP contribution in [-0.2, 0) is 21.4 Å². The fourth-order valence-corrected chi connectivity index (χ4v) is 7.80. The molecule has 1 N–H and O–H groups in total. The third-order valence-corrected chi connectivity index (χ3v) is 10.1. The summed E-state index contributed by atoms with van der Waals surface area (Å²) in [6.07, 6.45) is 7.15. The van der Waals surface area contributed by atoms with Gasteiger partial charge < -0.3 is 24.0 Å². The van der Waals surface area contributed by atoms with Gasteiger partial charge >= 0.3 is 0 Å². The molecule has 2 aliphatic heterocycles. The van der Waals surface area contributed by atoms with Crippen molar-refractivity contribution in [1.29, 1.82) is 0 Å². The minimum Gasteiger partial charge on any atom is -0.473 e. The van der Waals surface area contributed by atoms with E-state index in [2.05, 4.69) is 35.9 Å². The van der Waals surface area contributed by atoms with Crippen LogP contribution in [0.1, 0.15) is 97.3 Å². The molecule has 1 unspecified atom stereocenters. The normalized spacial score (nSPS) is 28.3. The van der Waals surface area contributed by atoms with Crippen LogP contribution in [0.5, 0.6) is 5.88 Å². The van der Waals surface area contributed by atoms with Crippen molar-refractivity contribution < 1.29 is 23.9 Å². The van der Waals surface area contributed by atoms with E-state index in [0.717, 1.165) is 75.1 Å². The number of hydrogen-bond acceptors (Lipinski definition) is 11. The molecule has 11 heteroatoms. The molecule has 0 radical (unpaired) electrons. The summed E-state index contributed by atoms with van der Waals surface area (Å²) >= 11 is 0. The van der Waals surface area contributed by atoms with Gasteiger partial charge in [-0.05, 0) is 93.2 Å². The molecule has 2 aliphatic carbocycles. The first kappa shape index (κ1) is 31.4. The number of hydrogen-bond donors (Lipinski definition) is 1. The maximum absolute atomic E-state index is 13.3. The van der Waals surface area contributed by atoms with E-state index in [-0.39, 0.29) is 17.9 Å². The van der Waals surface area contributed by atoms with Crippen LogP contribution < -0.4 is 9.64 Å². The number of aliphatic hydroxyl groups is 1. The van der Waals surface area contributed by atoms with Crippen molar-refractivity contribution in [2.45, 2.75) is 128 Å². The Morgan fingerprint density at radius 1 is 1.09 bits per heavy atom. The zero-order valence-corrected chi connectivity index (χ0v) is 27.3. The molecule has 11 nitrogen and oxygen atoms in total. The molecule has 4 heterocycles. The standard InChI is InChI=1S/C33H50N6O5/c1-21-20-38(17-18-39(21)31(41)43-32(3,4)5)26-19-27(42-22(2)24-12-10-16-37(24)6)35-30(34-26)28-23-11-9-15-33(29(23)44-36-28)14-8-7-13-25(33)40/h19,21-22,24,31,41H,7-18,20H2,1-6H3/t21-,22+,24+,31?,33-/m1/s1. The van der Waals surface area contributed by atoms with Crippen molar-refractivity contribution in [3.63, 3.8) is 0 Å². The van der Waals surface area contributed by atoms with Crippen LogP contribution in [0.15, 0.2) is 10.6 Å². The monoisotopic (exact) mass is 610 g/mol. The molecule has 2 saturated heterocycles. The van der Waals surface area contributed by atoms with Gasteiger partial charge in [-0.1, -0.05) is 11.6 Å². The number of Topliss-reactive ketones (excluding diaryl/α,β-unsaturated/α-hetero) is 1. The fourth-order valence-electron chi connectivity index (χ4n) is 7.80. The highest BCUT2D eigenvalue weighted by molar-refractivity contribution is 5.91. The van der Waals surface area contributed by atoms with Crippen molar-refractivity contribution in [1.82, 2.24) is 24.9 Å². The summed E-state index contributed by atoms with van der Waals surface area (Å²) < 4.78 is 18.4. The molecule has 6 rings (SSSR count). The van der Waals surface area contributed by atoms with Gasteiger partial charge in [-0.2, -0.15) is 4.98 Å². The van der Waals surface area contributed by atoms with Crippen LogP contribution in [0.25, 0.3) is 11.5 Å². The first-order valence-corrected chi connectivity index (χ1v) is 16.6. The number of nitrogens with zero attached hydrogens (tertiary/aromatic N) is 6. The van der Waals surface area contributed by atoms with Gasteiger partial charge in [0.2, 0.25) is 12.3 Å². The topological polar surface area (TPSA) is 117 Å². The summed E-state index contributed by atoms with van der Waals surface area (Å²) in [7, 11) is 2.15. The number of anilines is 1. The largest absolute Gasteiger partial charge is 0.473 e. The maximum Gasteiger partial charge on any atom is 0.219 e. The van der Waals surface area contributed by atoms with Crippen molar-refractivity contribution >= 4 is 11.6 Å². The molecule has 1 spiro atoms. The van der Waals surface area contributed by atoms with Crippen LogP contribution in [0.2, 0.25) is 0 Å². The van der Waals surface area contributed by atoms with Gasteiger partial charge in [0.25, 0.3) is 0 Å². The molecule has 2 aromatic heterocycles. The van der Waals surface area contributed by atoms with Gasteiger partial charge in [0.1, 0.15) is 17.7 Å². The average molecular weight is 611 g/mol. The average Bonchev–Trinajstić information content (AvgIpc) is 3.60. The van der Waals surface area contributed by atoms with E-state index in [9.17, 15) is 9.90 Å². The Morgan fingerprint density at radius 2 is 1.89 bits per heavy atom. The number of likely N-dealkylation sites (tertiary alicyclic amines) is 1. The molecule has 242 valence electrons. The Hall–Kier alpha value is -2.60. The number of ether oxygens (including phenoxy) is 2. The molecule has 1 saturated carbocycles. The zero-order valence-electron chi connectivity index (χ0n) is 27.3. The number of likely N-dealkylation sites (N-methyl/N-ethyl adjacent to an activating group) is 1. The highest BCUT2D eigenvalue weighted by atomic mass is 16.6. The molecule has 0 aromatic carbocycles. The number of piperazine rings is 1. The maximum atomic E-state index is 13.3. The van der Waals surface area contributed by atoms with E-state index in [1.165, 1.54) is 0 Å². The Morgan fingerprint density at radius 3 is 2.59 bits per heavy atom. The minimum absolute atomic E-state index is 0.0203. The highest BCUT2D eigenvalue weighted by Crippen LogP contribution is 2.47. The van der Waals surface area contributed by atoms with Gasteiger partial charge in [-0.15, -0.1) is 0 Å². The zero-order chi connectivity index (χ0) is 31.2. The van der Waals surface area contributed by atoms with Crippen molar-refractivity contribution in [2.75, 3.05) is 38.1 Å². The lowest BCUT2D eigenvalue weighted by Gasteiger charge is -2.43. The van der Waals surface area contributed by atoms with Crippen LogP contribution in [0.3, 0.4) is 0 Å². The van der Waals surface area contributed by atoms with E-state index >= 15 is 0 Å². The number of aliphatic hydroxyl groups excluding tert-OH is 1. The van der Waals surface area contributed by atoms with Gasteiger partial charge in [-0.3, -0.25) is 9.69 Å². The Balaban J connectivity index is 1.32. The van der Waals surface area contributed by atoms with Gasteiger partial charge in [0.05, 0.1) is 11.0 Å². The first-order chi connectivity index (χ1) is 20.9. The molecule has 3 fully saturated rings. The lowest BCUT2D eigenvalue weighted by atomic mass is 9.64. The van der Waals surface area contributed by atoms with E-state index in [1.807, 2.05) is 31.7 Å². The minimum atomic E-state index is -0.979. The molecule has 0 amide bonds. The van der Waals surface area contributed by atoms with Crippen LogP contribution in [0.4, 0.5) is 5.82 Å². The van der Waals surface area contributed by atoms with Crippen molar-refractivity contribution in [3.8, 4) is 17.4 Å². The van der Waals surface area contributed by atoms with Gasteiger partial charge in [0.15, 0.2) is 17.3 Å². The Bertz CT molecular complexity index is 1340. The van der Waals surface area contributed by atoms with Crippen LogP contribution in [-0.4, -0.2) is 99.2 Å². The van der Waals surface area contributed by atoms with Gasteiger partial charge in [0, 0.05) is 49.8 Å². The SMILES string of the molecule is C[C@H](Oc1cc(N2CCN(C(O)OC(C)(C)C)[C@H](C)C2)nc(-c2noc3c2CCC[C@@]32CCCCC2=O)n1)[C@@H]1CCCN1C. The summed E-state index contributed by atoms with van der Waals surface area (Å²) in [6, 6.07) is 2.27. The highest BCUT2D eigenvalue weighted by Gasteiger charge is 2.48. The molecule has 0 bridgehead atoms. The molecule has 44 heavy (non-hydrogen) atoms. The molecule has 2 aromatic rings. The third-order valence-electron chi connectivity index (χ3n) is 10.1. The predicted octanol–water partition coefficient (Wildman–Crippen LogP) is 4.31. The number of fused-ring (bicyclic) bond motifs is 2. The van der Waals surface area contributed by atoms with Crippen molar-refractivity contribution in [2.24, 2.45) is 0 Å². The summed E-state index contributed by atoms with van der Waals surface area (Å²) in [5.74, 6) is 2.76. The summed E-state index contributed by atoms with van der Waals surface area (Å²) in [5, 5.41) is 15.3. The Labute approximate surface area is 261 Å². The molecule has 5 atom stereocenters. The number of aromatic nitrogens is 3. The lowest BCUT2D eigenvalue weighted by Crippen LogP contribution is -2.57. The van der Waals surface area contributed by atoms with E-state index in [1.54, 1.807) is 0 Å². The van der Waals surface area contributed by atoms with Crippen LogP contribution >= 0.6 is 0 Å². The molecule has 4 aliphatic rings. The quantitative estimate of drug-likeness (QED) is 0.452. The van der Waals surface area contributed by atoms with E-state index in [4.69, 9.17) is 24.0 Å². The fraction of sp³-hybridized carbons (Fsp3) is 0.758. The first-order valence-electron chi connectivity index (χ1n) is 16.6. The lowest BCUT2D eigenvalue weighted by molar-refractivity contribution is -0.248. The summed E-state index contributed by atoms with van der Waals surface area (Å²) in [5.41, 5.74) is 0.581. The second-order valence-corrected chi connectivity index (χ2v) is 14.4. The molecular weight excluding hydrogens is 560 g/mol. The number of carbonyl (C=O) groups is 1. The Kier molecular flexibility index (Phi) is 8.78. The predicted molar refractivity (Wildman–Crippen MR) is 167 cm³/mol.